The topological polar surface area (TPSA) is 35.5 Å². The van der Waals surface area contributed by atoms with Gasteiger partial charge in [-0.3, -0.25) is 4.79 Å². The number of Topliss-reactive ketones (excluding diaryl/α,β-unsaturated/α-hetero) is 1. The maximum absolute atomic E-state index is 12.2. The highest BCUT2D eigenvalue weighted by molar-refractivity contribution is 9.09. The zero-order valence-electron chi connectivity index (χ0n) is 18.0. The Hall–Kier alpha value is -0.596. The number of carbonyl (C=O) groups is 1. The molecule has 0 spiro atoms. The maximum atomic E-state index is 12.2. The lowest BCUT2D eigenvalue weighted by atomic mass is 10.1. The van der Waals surface area contributed by atoms with Crippen LogP contribution in [0.2, 0.25) is 36.3 Å². The number of ketones is 1. The van der Waals surface area contributed by atoms with Gasteiger partial charge in [-0.2, -0.15) is 0 Å². The summed E-state index contributed by atoms with van der Waals surface area (Å²) in [7, 11) is -4.06. The van der Waals surface area contributed by atoms with E-state index in [0.717, 1.165) is 5.75 Å². The third kappa shape index (κ3) is 5.46. The summed E-state index contributed by atoms with van der Waals surface area (Å²) in [6, 6.07) is 5.59. The zero-order valence-corrected chi connectivity index (χ0v) is 21.6. The lowest BCUT2D eigenvalue weighted by Gasteiger charge is -2.39. The Morgan fingerprint density at radius 1 is 0.885 bits per heavy atom. The number of carbonyl (C=O) groups excluding carboxylic acids is 1. The Morgan fingerprint density at radius 3 is 1.69 bits per heavy atom. The van der Waals surface area contributed by atoms with Gasteiger partial charge in [-0.15, -0.1) is 0 Å². The summed E-state index contributed by atoms with van der Waals surface area (Å²) in [6.45, 7) is 22.2. The Balaban J connectivity index is 3.40. The Kier molecular flexibility index (Phi) is 7.03. The molecule has 6 heteroatoms. The molecule has 0 aliphatic heterocycles. The van der Waals surface area contributed by atoms with Crippen molar-refractivity contribution in [2.75, 3.05) is 5.33 Å². The molecule has 0 fully saturated rings. The molecule has 0 aliphatic rings. The minimum atomic E-state index is -2.05. The molecular formula is C20H35BrO3Si2. The van der Waals surface area contributed by atoms with Gasteiger partial charge in [0.2, 0.25) is 0 Å². The van der Waals surface area contributed by atoms with E-state index < -0.39 is 16.6 Å². The number of alkyl halides is 1. The van der Waals surface area contributed by atoms with Crippen molar-refractivity contribution in [3.05, 3.63) is 23.8 Å². The van der Waals surface area contributed by atoms with E-state index >= 15 is 0 Å². The molecular weight excluding hydrogens is 424 g/mol. The van der Waals surface area contributed by atoms with Crippen LogP contribution in [0.4, 0.5) is 0 Å². The molecule has 1 rings (SSSR count). The number of hydrogen-bond donors (Lipinski definition) is 0. The first-order chi connectivity index (χ1) is 11.5. The molecule has 1 aromatic carbocycles. The van der Waals surface area contributed by atoms with E-state index in [1.807, 2.05) is 18.2 Å². The summed E-state index contributed by atoms with van der Waals surface area (Å²) in [5.41, 5.74) is 0.651. The summed E-state index contributed by atoms with van der Waals surface area (Å²) in [4.78, 5) is 12.2. The third-order valence-electron chi connectivity index (χ3n) is 5.73. The predicted molar refractivity (Wildman–Crippen MR) is 120 cm³/mol. The fraction of sp³-hybridized carbons (Fsp3) is 0.650. The van der Waals surface area contributed by atoms with Crippen molar-refractivity contribution in [1.29, 1.82) is 0 Å². The molecule has 148 valence electrons. The highest BCUT2D eigenvalue weighted by Gasteiger charge is 2.42. The standard InChI is InChI=1S/C20H35BrO3Si2/c1-19(2,3)25(7,8)23-17-12-11-15(16(22)14-21)13-18(17)24-26(9,10)20(4,5)6/h11-13H,14H2,1-10H3. The third-order valence-corrected chi connectivity index (χ3v) is 14.9. The molecule has 0 unspecified atom stereocenters. The summed E-state index contributed by atoms with van der Waals surface area (Å²) in [6.07, 6.45) is 0. The minimum absolute atomic E-state index is 0.0453. The lowest BCUT2D eigenvalue weighted by molar-refractivity contribution is 0.102. The molecule has 0 N–H and O–H groups in total. The summed E-state index contributed by atoms with van der Waals surface area (Å²) >= 11 is 3.26. The number of halogens is 1. The average molecular weight is 460 g/mol. The van der Waals surface area contributed by atoms with Crippen molar-refractivity contribution in [2.45, 2.75) is 77.8 Å². The van der Waals surface area contributed by atoms with Crippen molar-refractivity contribution < 1.29 is 13.6 Å². The highest BCUT2D eigenvalue weighted by Crippen LogP contribution is 2.43. The van der Waals surface area contributed by atoms with Crippen molar-refractivity contribution >= 4 is 38.3 Å². The van der Waals surface area contributed by atoms with Gasteiger partial charge in [0.1, 0.15) is 11.5 Å². The van der Waals surface area contributed by atoms with Gasteiger partial charge >= 0.3 is 0 Å². The van der Waals surface area contributed by atoms with Crippen molar-refractivity contribution in [3.63, 3.8) is 0 Å². The van der Waals surface area contributed by atoms with Crippen molar-refractivity contribution in [3.8, 4) is 11.5 Å². The van der Waals surface area contributed by atoms with Gasteiger partial charge in [-0.25, -0.2) is 0 Å². The van der Waals surface area contributed by atoms with Gasteiger partial charge in [0, 0.05) is 5.56 Å². The van der Waals surface area contributed by atoms with Gasteiger partial charge in [-0.05, 0) is 54.5 Å². The van der Waals surface area contributed by atoms with Crippen LogP contribution >= 0.6 is 15.9 Å². The molecule has 0 amide bonds. The van der Waals surface area contributed by atoms with E-state index in [4.69, 9.17) is 8.85 Å². The maximum Gasteiger partial charge on any atom is 0.250 e. The van der Waals surface area contributed by atoms with Crippen LogP contribution in [-0.4, -0.2) is 27.7 Å². The fourth-order valence-corrected chi connectivity index (χ4v) is 4.14. The Bertz CT molecular complexity index is 656. The smallest absolute Gasteiger partial charge is 0.250 e. The van der Waals surface area contributed by atoms with Crippen LogP contribution in [0.3, 0.4) is 0 Å². The molecule has 0 atom stereocenters. The molecule has 0 bridgehead atoms. The SMILES string of the molecule is CC(C)(C)[Si](C)(C)Oc1ccc(C(=O)CBr)cc1O[Si](C)(C)C(C)(C)C. The second-order valence-electron chi connectivity index (χ2n) is 9.94. The fourth-order valence-electron chi connectivity index (χ4n) is 1.78. The van der Waals surface area contributed by atoms with E-state index in [0.29, 0.717) is 16.6 Å². The van der Waals surface area contributed by atoms with Crippen molar-refractivity contribution in [2.24, 2.45) is 0 Å². The van der Waals surface area contributed by atoms with E-state index in [-0.39, 0.29) is 15.9 Å². The molecule has 0 radical (unpaired) electrons. The summed E-state index contributed by atoms with van der Waals surface area (Å²) < 4.78 is 13.1. The van der Waals surface area contributed by atoms with Crippen LogP contribution in [0.15, 0.2) is 18.2 Å². The van der Waals surface area contributed by atoms with Gasteiger partial charge in [0.15, 0.2) is 5.78 Å². The Labute approximate surface area is 170 Å². The van der Waals surface area contributed by atoms with Gasteiger partial charge in [-0.1, -0.05) is 57.5 Å². The molecule has 0 aromatic heterocycles. The molecule has 0 saturated carbocycles. The van der Waals surface area contributed by atoms with E-state index in [1.54, 1.807) is 0 Å². The Morgan fingerprint density at radius 2 is 1.31 bits per heavy atom. The molecule has 26 heavy (non-hydrogen) atoms. The van der Waals surface area contributed by atoms with Crippen LogP contribution in [0.1, 0.15) is 51.9 Å². The average Bonchev–Trinajstić information content (AvgIpc) is 2.45. The minimum Gasteiger partial charge on any atom is -0.541 e. The van der Waals surface area contributed by atoms with Gasteiger partial charge in [0.25, 0.3) is 16.6 Å². The van der Waals surface area contributed by atoms with Crippen molar-refractivity contribution in [1.82, 2.24) is 0 Å². The zero-order chi connectivity index (χ0) is 20.6. The first-order valence-corrected chi connectivity index (χ1v) is 16.1. The molecule has 3 nitrogen and oxygen atoms in total. The van der Waals surface area contributed by atoms with E-state index in [1.165, 1.54) is 0 Å². The second kappa shape index (κ2) is 7.80. The van der Waals surface area contributed by atoms with Crippen LogP contribution < -0.4 is 8.85 Å². The van der Waals surface area contributed by atoms with Gasteiger partial charge in [0.05, 0.1) is 5.33 Å². The molecule has 1 aromatic rings. The molecule has 0 aliphatic carbocycles. The largest absolute Gasteiger partial charge is 0.541 e. The molecule has 0 heterocycles. The first-order valence-electron chi connectivity index (χ1n) is 9.13. The van der Waals surface area contributed by atoms with Gasteiger partial charge < -0.3 is 8.85 Å². The second-order valence-corrected chi connectivity index (χ2v) is 20.0. The van der Waals surface area contributed by atoms with E-state index in [2.05, 4.69) is 83.7 Å². The van der Waals surface area contributed by atoms with Crippen LogP contribution in [0.5, 0.6) is 11.5 Å². The van der Waals surface area contributed by atoms with Crippen LogP contribution in [0.25, 0.3) is 0 Å². The van der Waals surface area contributed by atoms with Crippen LogP contribution in [0, 0.1) is 0 Å². The predicted octanol–water partition coefficient (Wildman–Crippen LogP) is 7.03. The number of rotatable bonds is 6. The molecule has 0 saturated heterocycles. The first kappa shape index (κ1) is 23.4. The monoisotopic (exact) mass is 458 g/mol. The lowest BCUT2D eigenvalue weighted by Crippen LogP contribution is -2.45. The normalized spacial score (nSPS) is 13.5. The highest BCUT2D eigenvalue weighted by atomic mass is 79.9. The quantitative estimate of drug-likeness (QED) is 0.260. The number of benzene rings is 1. The van der Waals surface area contributed by atoms with E-state index in [9.17, 15) is 4.79 Å². The summed E-state index contributed by atoms with van der Waals surface area (Å²) in [5.74, 6) is 1.50. The van der Waals surface area contributed by atoms with Crippen LogP contribution in [-0.2, 0) is 0 Å². The summed E-state index contributed by atoms with van der Waals surface area (Å²) in [5, 5.41) is 0.456. The number of hydrogen-bond acceptors (Lipinski definition) is 3.